The second-order valence-corrected chi connectivity index (χ2v) is 6.24. The van der Waals surface area contributed by atoms with E-state index in [9.17, 15) is 4.79 Å². The summed E-state index contributed by atoms with van der Waals surface area (Å²) in [5.41, 5.74) is 3.81. The third-order valence-electron chi connectivity index (χ3n) is 4.22. The molecule has 26 heavy (non-hydrogen) atoms. The number of amides is 1. The molecule has 0 atom stereocenters. The highest BCUT2D eigenvalue weighted by Crippen LogP contribution is 2.24. The van der Waals surface area contributed by atoms with Crippen LogP contribution in [0.25, 0.3) is 28.2 Å². The summed E-state index contributed by atoms with van der Waals surface area (Å²) in [5.74, 6) is 0.813. The molecule has 0 N–H and O–H groups in total. The third kappa shape index (κ3) is 2.95. The summed E-state index contributed by atoms with van der Waals surface area (Å²) in [7, 11) is 3.47. The molecule has 0 saturated heterocycles. The lowest BCUT2D eigenvalue weighted by atomic mass is 10.1. The zero-order valence-corrected chi connectivity index (χ0v) is 14.6. The Morgan fingerprint density at radius 2 is 1.77 bits per heavy atom. The molecule has 0 fully saturated rings. The van der Waals surface area contributed by atoms with Crippen LogP contribution in [0.15, 0.2) is 61.1 Å². The molecule has 0 bridgehead atoms. The van der Waals surface area contributed by atoms with E-state index in [2.05, 4.69) is 15.3 Å². The number of carbonyl (C=O) groups is 1. The Morgan fingerprint density at radius 3 is 2.54 bits per heavy atom. The van der Waals surface area contributed by atoms with Crippen LogP contribution < -0.4 is 0 Å². The molecule has 4 aromatic rings. The lowest BCUT2D eigenvalue weighted by Gasteiger charge is -2.09. The number of carbonyl (C=O) groups excluding carboxylic acids is 1. The van der Waals surface area contributed by atoms with Gasteiger partial charge >= 0.3 is 0 Å². The number of benzene rings is 1. The highest BCUT2D eigenvalue weighted by atomic mass is 16.2. The van der Waals surface area contributed by atoms with Gasteiger partial charge in [0.15, 0.2) is 11.5 Å². The lowest BCUT2D eigenvalue weighted by molar-refractivity contribution is -0.129. The van der Waals surface area contributed by atoms with Gasteiger partial charge in [0.1, 0.15) is 6.54 Å². The fraction of sp³-hybridized carbons (Fsp3) is 0.158. The zero-order valence-electron chi connectivity index (χ0n) is 14.6. The second-order valence-electron chi connectivity index (χ2n) is 6.24. The zero-order chi connectivity index (χ0) is 18.1. The molecule has 7 nitrogen and oxygen atoms in total. The van der Waals surface area contributed by atoms with Crippen LogP contribution in [0.2, 0.25) is 0 Å². The number of fused-ring (bicyclic) bond motifs is 1. The molecule has 7 heteroatoms. The van der Waals surface area contributed by atoms with E-state index in [1.807, 2.05) is 59.3 Å². The Kier molecular flexibility index (Phi) is 3.96. The van der Waals surface area contributed by atoms with E-state index < -0.39 is 0 Å². The van der Waals surface area contributed by atoms with Crippen molar-refractivity contribution in [1.82, 2.24) is 29.3 Å². The molecule has 1 aromatic carbocycles. The van der Waals surface area contributed by atoms with Crippen LogP contribution in [0.4, 0.5) is 0 Å². The first-order valence-corrected chi connectivity index (χ1v) is 8.25. The van der Waals surface area contributed by atoms with E-state index in [-0.39, 0.29) is 12.5 Å². The normalized spacial score (nSPS) is 11.0. The van der Waals surface area contributed by atoms with Crippen molar-refractivity contribution in [3.05, 3.63) is 61.1 Å². The fourth-order valence-corrected chi connectivity index (χ4v) is 2.73. The number of nitrogens with zero attached hydrogens (tertiary/aromatic N) is 6. The maximum Gasteiger partial charge on any atom is 0.243 e. The number of hydrogen-bond donors (Lipinski definition) is 0. The van der Waals surface area contributed by atoms with E-state index in [0.29, 0.717) is 0 Å². The van der Waals surface area contributed by atoms with Gasteiger partial charge in [0, 0.05) is 37.6 Å². The van der Waals surface area contributed by atoms with Gasteiger partial charge in [0.05, 0.1) is 6.20 Å². The Bertz CT molecular complexity index is 1060. The fourth-order valence-electron chi connectivity index (χ4n) is 2.73. The molecule has 0 spiro atoms. The SMILES string of the molecule is CN(C)C(=O)Cn1cc(-c2ccc(-c3nnc4ccccn34)cc2)cn1. The highest BCUT2D eigenvalue weighted by Gasteiger charge is 2.10. The molecular formula is C19H18N6O. The lowest BCUT2D eigenvalue weighted by Crippen LogP contribution is -2.26. The van der Waals surface area contributed by atoms with Gasteiger partial charge in [-0.3, -0.25) is 13.9 Å². The molecule has 3 heterocycles. The van der Waals surface area contributed by atoms with Gasteiger partial charge in [0.2, 0.25) is 5.91 Å². The number of rotatable bonds is 4. The van der Waals surface area contributed by atoms with Gasteiger partial charge < -0.3 is 4.90 Å². The predicted octanol–water partition coefficient (Wildman–Crippen LogP) is 2.35. The molecular weight excluding hydrogens is 328 g/mol. The second kappa shape index (κ2) is 6.44. The van der Waals surface area contributed by atoms with Crippen molar-refractivity contribution in [3.8, 4) is 22.5 Å². The summed E-state index contributed by atoms with van der Waals surface area (Å²) in [6.07, 6.45) is 5.59. The Balaban J connectivity index is 1.58. The molecule has 0 radical (unpaired) electrons. The third-order valence-corrected chi connectivity index (χ3v) is 4.22. The largest absolute Gasteiger partial charge is 0.347 e. The van der Waals surface area contributed by atoms with E-state index in [4.69, 9.17) is 0 Å². The van der Waals surface area contributed by atoms with Crippen LogP contribution in [-0.2, 0) is 11.3 Å². The Hall–Kier alpha value is -3.48. The molecule has 0 unspecified atom stereocenters. The van der Waals surface area contributed by atoms with Gasteiger partial charge in [0.25, 0.3) is 0 Å². The maximum absolute atomic E-state index is 11.8. The molecule has 0 aliphatic rings. The molecule has 0 saturated carbocycles. The first kappa shape index (κ1) is 16.0. The molecule has 3 aromatic heterocycles. The van der Waals surface area contributed by atoms with Crippen molar-refractivity contribution in [2.45, 2.75) is 6.54 Å². The van der Waals surface area contributed by atoms with Crippen molar-refractivity contribution in [2.24, 2.45) is 0 Å². The predicted molar refractivity (Wildman–Crippen MR) is 98.3 cm³/mol. The Labute approximate surface area is 150 Å². The van der Waals surface area contributed by atoms with Gasteiger partial charge in [-0.25, -0.2) is 0 Å². The summed E-state index contributed by atoms with van der Waals surface area (Å²) in [4.78, 5) is 13.3. The van der Waals surface area contributed by atoms with Crippen molar-refractivity contribution in [3.63, 3.8) is 0 Å². The minimum atomic E-state index is 0.00804. The van der Waals surface area contributed by atoms with Gasteiger partial charge in [-0.05, 0) is 17.7 Å². The van der Waals surface area contributed by atoms with E-state index in [1.54, 1.807) is 29.9 Å². The number of likely N-dealkylation sites (N-methyl/N-ethyl adjacent to an activating group) is 1. The summed E-state index contributed by atoms with van der Waals surface area (Å²) in [5, 5.41) is 12.7. The summed E-state index contributed by atoms with van der Waals surface area (Å²) < 4.78 is 3.61. The quantitative estimate of drug-likeness (QED) is 0.569. The van der Waals surface area contributed by atoms with Crippen molar-refractivity contribution in [1.29, 1.82) is 0 Å². The van der Waals surface area contributed by atoms with E-state index in [1.165, 1.54) is 0 Å². The van der Waals surface area contributed by atoms with Crippen LogP contribution >= 0.6 is 0 Å². The summed E-state index contributed by atoms with van der Waals surface area (Å²) >= 11 is 0. The van der Waals surface area contributed by atoms with Crippen LogP contribution in [0.5, 0.6) is 0 Å². The number of pyridine rings is 1. The van der Waals surface area contributed by atoms with E-state index >= 15 is 0 Å². The molecule has 4 rings (SSSR count). The van der Waals surface area contributed by atoms with Crippen LogP contribution in [0.3, 0.4) is 0 Å². The summed E-state index contributed by atoms with van der Waals surface area (Å²) in [6, 6.07) is 13.9. The number of aromatic nitrogens is 5. The average molecular weight is 346 g/mol. The first-order valence-electron chi connectivity index (χ1n) is 8.25. The average Bonchev–Trinajstić information content (AvgIpc) is 3.29. The van der Waals surface area contributed by atoms with Gasteiger partial charge in [-0.2, -0.15) is 5.10 Å². The smallest absolute Gasteiger partial charge is 0.243 e. The standard InChI is InChI=1S/C19H18N6O/c1-23(2)18(26)13-24-12-16(11-20-24)14-6-8-15(9-7-14)19-22-21-17-5-3-4-10-25(17)19/h3-12H,13H2,1-2H3. The molecule has 0 aliphatic heterocycles. The van der Waals surface area contributed by atoms with Crippen molar-refractivity contribution < 1.29 is 4.79 Å². The highest BCUT2D eigenvalue weighted by molar-refractivity contribution is 5.75. The number of hydrogen-bond acceptors (Lipinski definition) is 4. The van der Waals surface area contributed by atoms with Crippen LogP contribution in [0, 0.1) is 0 Å². The topological polar surface area (TPSA) is 68.3 Å². The molecule has 130 valence electrons. The monoisotopic (exact) mass is 346 g/mol. The van der Waals surface area contributed by atoms with E-state index in [0.717, 1.165) is 28.2 Å². The molecule has 1 amide bonds. The van der Waals surface area contributed by atoms with Gasteiger partial charge in [-0.15, -0.1) is 10.2 Å². The summed E-state index contributed by atoms with van der Waals surface area (Å²) in [6.45, 7) is 0.233. The minimum Gasteiger partial charge on any atom is -0.347 e. The Morgan fingerprint density at radius 1 is 1.00 bits per heavy atom. The minimum absolute atomic E-state index is 0.00804. The molecule has 0 aliphatic carbocycles. The first-order chi connectivity index (χ1) is 12.6. The van der Waals surface area contributed by atoms with Crippen LogP contribution in [-0.4, -0.2) is 49.3 Å². The van der Waals surface area contributed by atoms with Crippen LogP contribution in [0.1, 0.15) is 0 Å². The van der Waals surface area contributed by atoms with Gasteiger partial charge in [-0.1, -0.05) is 30.3 Å². The maximum atomic E-state index is 11.8. The van der Waals surface area contributed by atoms with Crippen molar-refractivity contribution >= 4 is 11.6 Å². The van der Waals surface area contributed by atoms with Crippen molar-refractivity contribution in [2.75, 3.05) is 14.1 Å².